The molecule has 2 saturated heterocycles. The van der Waals surface area contributed by atoms with E-state index in [1.807, 2.05) is 0 Å². The number of piperidine rings is 1. The largest absolute Gasteiger partial charge is 0.299 e. The molecule has 2 aliphatic rings. The molecule has 0 aliphatic carbocycles. The van der Waals surface area contributed by atoms with E-state index in [0.717, 1.165) is 25.6 Å². The molecule has 21 heavy (non-hydrogen) atoms. The summed E-state index contributed by atoms with van der Waals surface area (Å²) in [6.45, 7) is 11.7. The summed E-state index contributed by atoms with van der Waals surface area (Å²) in [5.41, 5.74) is 2.78. The predicted molar refractivity (Wildman–Crippen MR) is 86.4 cm³/mol. The lowest BCUT2D eigenvalue weighted by Gasteiger charge is -2.37. The molecule has 0 aromatic carbocycles. The van der Waals surface area contributed by atoms with Gasteiger partial charge in [-0.15, -0.1) is 0 Å². The first kappa shape index (κ1) is 15.0. The average Bonchev–Trinajstić information content (AvgIpc) is 3.13. The normalized spacial score (nSPS) is 24.8. The van der Waals surface area contributed by atoms with Gasteiger partial charge < -0.3 is 0 Å². The summed E-state index contributed by atoms with van der Waals surface area (Å²) in [6, 6.07) is 0.798. The topological polar surface area (TPSA) is 24.3 Å². The maximum absolute atomic E-state index is 4.55. The molecule has 118 valence electrons. The third-order valence-corrected chi connectivity index (χ3v) is 5.17. The zero-order valence-electron chi connectivity index (χ0n) is 13.7. The van der Waals surface area contributed by atoms with Crippen molar-refractivity contribution in [2.24, 2.45) is 0 Å². The fourth-order valence-corrected chi connectivity index (χ4v) is 3.90. The third-order valence-electron chi connectivity index (χ3n) is 5.17. The van der Waals surface area contributed by atoms with E-state index in [1.165, 1.54) is 63.1 Å². The van der Waals surface area contributed by atoms with Crippen molar-refractivity contribution < 1.29 is 0 Å². The molecular formula is C17H30N4. The van der Waals surface area contributed by atoms with Crippen LogP contribution < -0.4 is 0 Å². The van der Waals surface area contributed by atoms with Crippen molar-refractivity contribution in [3.05, 3.63) is 17.5 Å². The van der Waals surface area contributed by atoms with Gasteiger partial charge in [-0.1, -0.05) is 6.92 Å². The highest BCUT2D eigenvalue weighted by atomic mass is 15.3. The van der Waals surface area contributed by atoms with Crippen LogP contribution in [0, 0.1) is 6.92 Å². The zero-order valence-corrected chi connectivity index (χ0v) is 13.7. The standard InChI is InChI=1S/C17H30N4/c1-3-8-21-15(2)16(12-18-21)13-19-9-6-7-17(14-19)20-10-4-5-11-20/h12,17H,3-11,13-14H2,1-2H3. The zero-order chi connectivity index (χ0) is 14.7. The van der Waals surface area contributed by atoms with Crippen LogP contribution in [0.4, 0.5) is 0 Å². The Morgan fingerprint density at radius 2 is 2.00 bits per heavy atom. The molecular weight excluding hydrogens is 260 g/mol. The molecule has 0 N–H and O–H groups in total. The van der Waals surface area contributed by atoms with E-state index in [2.05, 4.69) is 39.6 Å². The van der Waals surface area contributed by atoms with E-state index in [9.17, 15) is 0 Å². The fraction of sp³-hybridized carbons (Fsp3) is 0.824. The van der Waals surface area contributed by atoms with Gasteiger partial charge in [0, 0.05) is 36.9 Å². The second-order valence-corrected chi connectivity index (χ2v) is 6.75. The van der Waals surface area contributed by atoms with E-state index in [4.69, 9.17) is 0 Å². The average molecular weight is 290 g/mol. The lowest BCUT2D eigenvalue weighted by Crippen LogP contribution is -2.46. The van der Waals surface area contributed by atoms with E-state index in [-0.39, 0.29) is 0 Å². The third kappa shape index (κ3) is 3.49. The van der Waals surface area contributed by atoms with Crippen LogP contribution in [0.2, 0.25) is 0 Å². The summed E-state index contributed by atoms with van der Waals surface area (Å²) in [5, 5.41) is 4.55. The predicted octanol–water partition coefficient (Wildman–Crippen LogP) is 2.66. The minimum absolute atomic E-state index is 0.798. The number of hydrogen-bond donors (Lipinski definition) is 0. The maximum Gasteiger partial charge on any atom is 0.0537 e. The number of rotatable bonds is 5. The molecule has 3 heterocycles. The van der Waals surface area contributed by atoms with Crippen molar-refractivity contribution in [3.8, 4) is 0 Å². The van der Waals surface area contributed by atoms with Crippen LogP contribution >= 0.6 is 0 Å². The van der Waals surface area contributed by atoms with Gasteiger partial charge >= 0.3 is 0 Å². The molecule has 2 aliphatic heterocycles. The first-order chi connectivity index (χ1) is 10.3. The molecule has 0 amide bonds. The molecule has 2 fully saturated rings. The Labute approximate surface area is 129 Å². The highest BCUT2D eigenvalue weighted by molar-refractivity contribution is 5.16. The van der Waals surface area contributed by atoms with Gasteiger partial charge in [0.2, 0.25) is 0 Å². The van der Waals surface area contributed by atoms with Crippen LogP contribution in [0.15, 0.2) is 6.20 Å². The lowest BCUT2D eigenvalue weighted by atomic mass is 10.0. The van der Waals surface area contributed by atoms with Gasteiger partial charge in [-0.25, -0.2) is 0 Å². The van der Waals surface area contributed by atoms with Crippen LogP contribution in [0.3, 0.4) is 0 Å². The SMILES string of the molecule is CCCn1ncc(CN2CCCC(N3CCCC3)C2)c1C. The molecule has 1 aromatic heterocycles. The van der Waals surface area contributed by atoms with Gasteiger partial charge in [-0.05, 0) is 58.7 Å². The van der Waals surface area contributed by atoms with Crippen LogP contribution in [-0.4, -0.2) is 51.8 Å². The summed E-state index contributed by atoms with van der Waals surface area (Å²) < 4.78 is 2.16. The Bertz CT molecular complexity index is 448. The van der Waals surface area contributed by atoms with Gasteiger partial charge in [-0.2, -0.15) is 5.10 Å². The van der Waals surface area contributed by atoms with Crippen molar-refractivity contribution in [2.45, 2.75) is 65.1 Å². The van der Waals surface area contributed by atoms with E-state index >= 15 is 0 Å². The highest BCUT2D eigenvalue weighted by Crippen LogP contribution is 2.22. The van der Waals surface area contributed by atoms with Crippen molar-refractivity contribution in [3.63, 3.8) is 0 Å². The minimum Gasteiger partial charge on any atom is -0.299 e. The molecule has 1 unspecified atom stereocenters. The second-order valence-electron chi connectivity index (χ2n) is 6.75. The fourth-order valence-electron chi connectivity index (χ4n) is 3.90. The molecule has 0 bridgehead atoms. The number of likely N-dealkylation sites (tertiary alicyclic amines) is 2. The van der Waals surface area contributed by atoms with Crippen LogP contribution in [0.1, 0.15) is 50.3 Å². The van der Waals surface area contributed by atoms with Gasteiger partial charge in [0.05, 0.1) is 6.20 Å². The van der Waals surface area contributed by atoms with Gasteiger partial charge in [0.15, 0.2) is 0 Å². The molecule has 1 atom stereocenters. The summed E-state index contributed by atoms with van der Waals surface area (Å²) in [6.07, 6.45) is 8.79. The highest BCUT2D eigenvalue weighted by Gasteiger charge is 2.27. The van der Waals surface area contributed by atoms with Crippen molar-refractivity contribution in [2.75, 3.05) is 26.2 Å². The smallest absolute Gasteiger partial charge is 0.0537 e. The Morgan fingerprint density at radius 1 is 1.19 bits per heavy atom. The van der Waals surface area contributed by atoms with Crippen molar-refractivity contribution in [1.82, 2.24) is 19.6 Å². The first-order valence-electron chi connectivity index (χ1n) is 8.75. The van der Waals surface area contributed by atoms with E-state index < -0.39 is 0 Å². The number of aromatic nitrogens is 2. The summed E-state index contributed by atoms with van der Waals surface area (Å²) in [5.74, 6) is 0. The summed E-state index contributed by atoms with van der Waals surface area (Å²) in [4.78, 5) is 5.37. The molecule has 0 spiro atoms. The lowest BCUT2D eigenvalue weighted by molar-refractivity contribution is 0.110. The molecule has 4 nitrogen and oxygen atoms in total. The Morgan fingerprint density at radius 3 is 2.76 bits per heavy atom. The molecule has 1 aromatic rings. The van der Waals surface area contributed by atoms with Crippen LogP contribution in [-0.2, 0) is 13.1 Å². The van der Waals surface area contributed by atoms with Gasteiger partial charge in [0.25, 0.3) is 0 Å². The monoisotopic (exact) mass is 290 g/mol. The molecule has 0 radical (unpaired) electrons. The van der Waals surface area contributed by atoms with Crippen molar-refractivity contribution >= 4 is 0 Å². The Kier molecular flexibility index (Phi) is 4.96. The molecule has 4 heteroatoms. The number of aryl methyl sites for hydroxylation is 1. The van der Waals surface area contributed by atoms with E-state index in [1.54, 1.807) is 0 Å². The van der Waals surface area contributed by atoms with Gasteiger partial charge in [-0.3, -0.25) is 14.5 Å². The maximum atomic E-state index is 4.55. The second kappa shape index (κ2) is 6.93. The van der Waals surface area contributed by atoms with Crippen LogP contribution in [0.25, 0.3) is 0 Å². The first-order valence-corrected chi connectivity index (χ1v) is 8.75. The number of nitrogens with zero attached hydrogens (tertiary/aromatic N) is 4. The Balaban J connectivity index is 1.59. The molecule has 3 rings (SSSR count). The Hall–Kier alpha value is -0.870. The van der Waals surface area contributed by atoms with E-state index in [0.29, 0.717) is 0 Å². The minimum atomic E-state index is 0.798. The van der Waals surface area contributed by atoms with Crippen molar-refractivity contribution in [1.29, 1.82) is 0 Å². The summed E-state index contributed by atoms with van der Waals surface area (Å²) >= 11 is 0. The quantitative estimate of drug-likeness (QED) is 0.833. The number of hydrogen-bond acceptors (Lipinski definition) is 3. The molecule has 0 saturated carbocycles. The van der Waals surface area contributed by atoms with Gasteiger partial charge in [0.1, 0.15) is 0 Å². The van der Waals surface area contributed by atoms with Crippen LogP contribution in [0.5, 0.6) is 0 Å². The summed E-state index contributed by atoms with van der Waals surface area (Å²) in [7, 11) is 0.